The van der Waals surface area contributed by atoms with Gasteiger partial charge in [-0.15, -0.1) is 0 Å². The Bertz CT molecular complexity index is 1560. The molecule has 0 aliphatic carbocycles. The Labute approximate surface area is 203 Å². The average molecular weight is 466 g/mol. The Balaban J connectivity index is 1.57. The lowest BCUT2D eigenvalue weighted by Gasteiger charge is -2.15. The van der Waals surface area contributed by atoms with Crippen molar-refractivity contribution in [2.75, 3.05) is 17.3 Å². The molecule has 0 saturated heterocycles. The zero-order valence-corrected chi connectivity index (χ0v) is 20.2. The van der Waals surface area contributed by atoms with Crippen LogP contribution in [0.15, 0.2) is 65.8 Å². The van der Waals surface area contributed by atoms with E-state index in [9.17, 15) is 0 Å². The Kier molecular flexibility index (Phi) is 5.74. The molecule has 0 bridgehead atoms. The van der Waals surface area contributed by atoms with Gasteiger partial charge in [-0.25, -0.2) is 9.97 Å². The number of fused-ring (bicyclic) bond motifs is 2. The fourth-order valence-corrected chi connectivity index (χ4v) is 4.08. The number of aliphatic imine (C=N–C) groups is 1. The fourth-order valence-electron chi connectivity index (χ4n) is 4.08. The average Bonchev–Trinajstić information content (AvgIpc) is 3.47. The van der Waals surface area contributed by atoms with Gasteiger partial charge in [-0.3, -0.25) is 15.1 Å². The van der Waals surface area contributed by atoms with Crippen molar-refractivity contribution < 1.29 is 0 Å². The molecular weight excluding hydrogens is 438 g/mol. The van der Waals surface area contributed by atoms with Crippen LogP contribution in [0.1, 0.15) is 20.8 Å². The largest absolute Gasteiger partial charge is 0.382 e. The van der Waals surface area contributed by atoms with Crippen molar-refractivity contribution in [1.82, 2.24) is 30.1 Å². The first kappa shape index (κ1) is 22.3. The van der Waals surface area contributed by atoms with Gasteiger partial charge in [-0.05, 0) is 57.3 Å². The Morgan fingerprint density at radius 3 is 2.83 bits per heavy atom. The van der Waals surface area contributed by atoms with Crippen LogP contribution in [0, 0.1) is 0 Å². The smallest absolute Gasteiger partial charge is 0.180 e. The maximum atomic E-state index is 4.74. The van der Waals surface area contributed by atoms with E-state index in [1.54, 1.807) is 6.20 Å². The van der Waals surface area contributed by atoms with Gasteiger partial charge in [0.25, 0.3) is 0 Å². The van der Waals surface area contributed by atoms with E-state index in [-0.39, 0.29) is 0 Å². The van der Waals surface area contributed by atoms with Crippen molar-refractivity contribution in [2.45, 2.75) is 26.8 Å². The number of rotatable bonds is 7. The third-order valence-corrected chi connectivity index (χ3v) is 5.69. The van der Waals surface area contributed by atoms with E-state index in [1.807, 2.05) is 49.6 Å². The molecule has 9 nitrogen and oxygen atoms in total. The third-order valence-electron chi connectivity index (χ3n) is 5.69. The molecule has 0 atom stereocenters. The monoisotopic (exact) mass is 465 g/mol. The molecule has 0 fully saturated rings. The summed E-state index contributed by atoms with van der Waals surface area (Å²) in [6.07, 6.45) is 7.36. The second kappa shape index (κ2) is 9.02. The van der Waals surface area contributed by atoms with Crippen LogP contribution in [-0.4, -0.2) is 49.9 Å². The molecule has 0 spiro atoms. The van der Waals surface area contributed by atoms with Gasteiger partial charge in [0.05, 0.1) is 22.6 Å². The van der Waals surface area contributed by atoms with Crippen molar-refractivity contribution in [3.05, 3.63) is 60.8 Å². The van der Waals surface area contributed by atoms with Crippen LogP contribution in [0.3, 0.4) is 0 Å². The first-order valence-corrected chi connectivity index (χ1v) is 11.4. The summed E-state index contributed by atoms with van der Waals surface area (Å²) in [6, 6.07) is 10.6. The predicted molar refractivity (Wildman–Crippen MR) is 143 cm³/mol. The molecule has 4 heterocycles. The number of nitrogens with zero attached hydrogens (tertiary/aromatic N) is 6. The summed E-state index contributed by atoms with van der Waals surface area (Å²) < 4.78 is 0. The Morgan fingerprint density at radius 1 is 1.17 bits per heavy atom. The number of aromatic nitrogens is 6. The van der Waals surface area contributed by atoms with Gasteiger partial charge in [0.2, 0.25) is 0 Å². The van der Waals surface area contributed by atoms with Crippen LogP contribution >= 0.6 is 0 Å². The van der Waals surface area contributed by atoms with Gasteiger partial charge < -0.3 is 15.2 Å². The minimum atomic E-state index is 0.327. The number of pyridine rings is 2. The second-order valence-corrected chi connectivity index (χ2v) is 8.75. The SMILES string of the molecule is C=N/C(C)=C\N(C)c1ccnc2nc(-c3n[nH]c4ccc(-c5cncc(NC(C)C)c5)cc34)[nH]c12. The lowest BCUT2D eigenvalue weighted by atomic mass is 10.0. The molecule has 0 aliphatic heterocycles. The number of H-pyrrole nitrogens is 2. The van der Waals surface area contributed by atoms with E-state index in [1.165, 1.54) is 0 Å². The molecule has 0 unspecified atom stereocenters. The molecule has 1 aromatic carbocycles. The molecule has 3 N–H and O–H groups in total. The third kappa shape index (κ3) is 4.35. The van der Waals surface area contributed by atoms with Crippen molar-refractivity contribution in [3.63, 3.8) is 0 Å². The van der Waals surface area contributed by atoms with E-state index in [0.29, 0.717) is 17.5 Å². The summed E-state index contributed by atoms with van der Waals surface area (Å²) in [7, 11) is 1.95. The number of allylic oxidation sites excluding steroid dienone is 1. The first-order chi connectivity index (χ1) is 16.9. The molecular formula is C26H27N9. The van der Waals surface area contributed by atoms with Gasteiger partial charge >= 0.3 is 0 Å². The van der Waals surface area contributed by atoms with E-state index in [2.05, 4.69) is 74.2 Å². The highest BCUT2D eigenvalue weighted by Crippen LogP contribution is 2.32. The molecule has 5 rings (SSSR count). The molecule has 176 valence electrons. The molecule has 0 aliphatic rings. The van der Waals surface area contributed by atoms with Gasteiger partial charge in [0, 0.05) is 48.8 Å². The zero-order valence-electron chi connectivity index (χ0n) is 20.2. The summed E-state index contributed by atoms with van der Waals surface area (Å²) in [6.45, 7) is 9.70. The Hall–Kier alpha value is -4.53. The van der Waals surface area contributed by atoms with Crippen LogP contribution in [0.5, 0.6) is 0 Å². The van der Waals surface area contributed by atoms with Gasteiger partial charge in [-0.2, -0.15) is 5.10 Å². The summed E-state index contributed by atoms with van der Waals surface area (Å²) in [5, 5.41) is 12.1. The standard InChI is InChI=1S/C26H27N9/c1-15(2)30-19-10-18(12-28-13-19)17-6-7-21-20(11-17)23(34-33-21)26-31-24-22(8-9-29-25(24)32-26)35(5)14-16(3)27-4/h6-15,30H,4H2,1-3,5H3,(H,33,34)(H,29,31,32)/b16-14-. The number of anilines is 2. The summed E-state index contributed by atoms with van der Waals surface area (Å²) in [5.74, 6) is 0.646. The van der Waals surface area contributed by atoms with Crippen LogP contribution in [0.2, 0.25) is 0 Å². The predicted octanol–water partition coefficient (Wildman–Crippen LogP) is 5.38. The highest BCUT2D eigenvalue weighted by Gasteiger charge is 2.17. The van der Waals surface area contributed by atoms with Gasteiger partial charge in [0.15, 0.2) is 11.5 Å². The summed E-state index contributed by atoms with van der Waals surface area (Å²) in [4.78, 5) is 23.0. The maximum Gasteiger partial charge on any atom is 0.180 e. The van der Waals surface area contributed by atoms with Crippen LogP contribution in [0.25, 0.3) is 44.7 Å². The maximum absolute atomic E-state index is 4.74. The zero-order chi connectivity index (χ0) is 24.5. The van der Waals surface area contributed by atoms with Crippen molar-refractivity contribution in [2.24, 2.45) is 4.99 Å². The highest BCUT2D eigenvalue weighted by atomic mass is 15.2. The van der Waals surface area contributed by atoms with E-state index >= 15 is 0 Å². The Morgan fingerprint density at radius 2 is 2.03 bits per heavy atom. The van der Waals surface area contributed by atoms with E-state index in [4.69, 9.17) is 4.98 Å². The highest BCUT2D eigenvalue weighted by molar-refractivity contribution is 5.97. The first-order valence-electron chi connectivity index (χ1n) is 11.4. The number of aromatic amines is 2. The fraction of sp³-hybridized carbons (Fsp3) is 0.192. The minimum Gasteiger partial charge on any atom is -0.382 e. The molecule has 35 heavy (non-hydrogen) atoms. The van der Waals surface area contributed by atoms with E-state index in [0.717, 1.165) is 50.3 Å². The quantitative estimate of drug-likeness (QED) is 0.278. The normalized spacial score (nSPS) is 12.0. The van der Waals surface area contributed by atoms with E-state index < -0.39 is 0 Å². The lowest BCUT2D eigenvalue weighted by Crippen LogP contribution is -2.09. The molecule has 4 aromatic heterocycles. The minimum absolute atomic E-state index is 0.327. The van der Waals surface area contributed by atoms with Crippen molar-refractivity contribution in [1.29, 1.82) is 0 Å². The van der Waals surface area contributed by atoms with Crippen molar-refractivity contribution in [3.8, 4) is 22.6 Å². The molecule has 9 heteroatoms. The molecule has 0 saturated carbocycles. The number of hydrogen-bond acceptors (Lipinski definition) is 7. The van der Waals surface area contributed by atoms with Gasteiger partial charge in [-0.1, -0.05) is 6.07 Å². The number of benzene rings is 1. The molecule has 0 amide bonds. The van der Waals surface area contributed by atoms with Crippen LogP contribution < -0.4 is 10.2 Å². The number of nitrogens with one attached hydrogen (secondary N) is 3. The number of hydrogen-bond donors (Lipinski definition) is 3. The van der Waals surface area contributed by atoms with Crippen molar-refractivity contribution >= 4 is 40.2 Å². The van der Waals surface area contributed by atoms with Crippen LogP contribution in [-0.2, 0) is 0 Å². The second-order valence-electron chi connectivity index (χ2n) is 8.75. The summed E-state index contributed by atoms with van der Waals surface area (Å²) in [5.41, 5.74) is 7.90. The lowest BCUT2D eigenvalue weighted by molar-refractivity contribution is 0.898. The number of imidazole rings is 1. The molecule has 5 aromatic rings. The topological polar surface area (TPSA) is 111 Å². The molecule has 0 radical (unpaired) electrons. The summed E-state index contributed by atoms with van der Waals surface area (Å²) >= 11 is 0. The van der Waals surface area contributed by atoms with Gasteiger partial charge in [0.1, 0.15) is 11.2 Å². The van der Waals surface area contributed by atoms with Crippen LogP contribution in [0.4, 0.5) is 11.4 Å².